The number of phenols is 2. The molecule has 8 rings (SSSR count). The number of phenolic OH excluding ortho intramolecular Hbond substituents is 2. The normalized spacial score (nSPS) is 11.4. The summed E-state index contributed by atoms with van der Waals surface area (Å²) in [4.78, 5) is 0. The molecule has 0 atom stereocenters. The molecule has 8 nitrogen and oxygen atoms in total. The number of hydrogen-bond acceptors (Lipinski definition) is 8. The summed E-state index contributed by atoms with van der Waals surface area (Å²) in [7, 11) is 0. The molecular weight excluding hydrogens is 933 g/mol. The second-order valence-corrected chi connectivity index (χ2v) is 21.5. The van der Waals surface area contributed by atoms with Crippen LogP contribution in [0, 0.1) is 111 Å². The smallest absolute Gasteiger partial charge is 0.133 e. The van der Waals surface area contributed by atoms with Crippen molar-refractivity contribution < 1.29 is 38.6 Å². The third-order valence-corrected chi connectivity index (χ3v) is 14.3. The van der Waals surface area contributed by atoms with Gasteiger partial charge in [-0.2, -0.15) is 0 Å². The van der Waals surface area contributed by atoms with Crippen LogP contribution < -0.4 is 28.4 Å². The Morgan fingerprint density at radius 3 is 0.520 bits per heavy atom. The fourth-order valence-electron chi connectivity index (χ4n) is 10.3. The zero-order valence-electron chi connectivity index (χ0n) is 47.1. The van der Waals surface area contributed by atoms with E-state index in [2.05, 4.69) is 65.8 Å². The predicted molar refractivity (Wildman–Crippen MR) is 303 cm³/mol. The first-order valence-corrected chi connectivity index (χ1v) is 25.6. The van der Waals surface area contributed by atoms with Crippen molar-refractivity contribution in [3.8, 4) is 80.5 Å². The first kappa shape index (κ1) is 53.5. The van der Waals surface area contributed by atoms with Gasteiger partial charge in [0.15, 0.2) is 0 Å². The van der Waals surface area contributed by atoms with Crippen molar-refractivity contribution >= 4 is 0 Å². The molecule has 0 heterocycles. The van der Waals surface area contributed by atoms with Gasteiger partial charge in [0.25, 0.3) is 0 Å². The van der Waals surface area contributed by atoms with Gasteiger partial charge in [-0.25, -0.2) is 0 Å². The van der Waals surface area contributed by atoms with Gasteiger partial charge in [0, 0.05) is 5.41 Å². The van der Waals surface area contributed by atoms with E-state index in [1.165, 1.54) is 11.1 Å². The van der Waals surface area contributed by atoms with E-state index < -0.39 is 0 Å². The van der Waals surface area contributed by atoms with Crippen molar-refractivity contribution in [1.82, 2.24) is 0 Å². The summed E-state index contributed by atoms with van der Waals surface area (Å²) in [5.41, 5.74) is 17.0. The molecule has 0 saturated carbocycles. The van der Waals surface area contributed by atoms with Gasteiger partial charge in [-0.1, -0.05) is 38.1 Å². The van der Waals surface area contributed by atoms with Gasteiger partial charge in [-0.3, -0.25) is 0 Å². The van der Waals surface area contributed by atoms with Gasteiger partial charge in [0.2, 0.25) is 0 Å². The van der Waals surface area contributed by atoms with E-state index >= 15 is 0 Å². The maximum atomic E-state index is 10.2. The van der Waals surface area contributed by atoms with Crippen LogP contribution in [0.3, 0.4) is 0 Å². The lowest BCUT2D eigenvalue weighted by molar-refractivity contribution is 0.448. The lowest BCUT2D eigenvalue weighted by atomic mass is 9.76. The van der Waals surface area contributed by atoms with E-state index in [1.807, 2.05) is 156 Å². The fourth-order valence-corrected chi connectivity index (χ4v) is 10.3. The molecule has 0 aliphatic carbocycles. The van der Waals surface area contributed by atoms with Crippen LogP contribution in [0.15, 0.2) is 97.1 Å². The highest BCUT2D eigenvalue weighted by Gasteiger charge is 2.27. The van der Waals surface area contributed by atoms with Crippen LogP contribution in [0.1, 0.15) is 114 Å². The zero-order chi connectivity index (χ0) is 54.5. The summed E-state index contributed by atoms with van der Waals surface area (Å²) in [5, 5.41) is 20.5. The summed E-state index contributed by atoms with van der Waals surface area (Å²) in [6.07, 6.45) is 0. The topological polar surface area (TPSA) is 95.8 Å². The largest absolute Gasteiger partial charge is 0.507 e. The van der Waals surface area contributed by atoms with Crippen LogP contribution in [0.4, 0.5) is 0 Å². The van der Waals surface area contributed by atoms with Gasteiger partial charge in [-0.15, -0.1) is 0 Å². The molecule has 8 aromatic rings. The van der Waals surface area contributed by atoms with Gasteiger partial charge in [0.05, 0.1) is 0 Å². The molecule has 0 bridgehead atoms. The summed E-state index contributed by atoms with van der Waals surface area (Å²) in [6.45, 7) is 36.7. The molecule has 0 fully saturated rings. The molecule has 0 aliphatic heterocycles. The second-order valence-electron chi connectivity index (χ2n) is 21.5. The fraction of sp³-hybridized carbons (Fsp3) is 0.284. The molecule has 0 aliphatic rings. The molecule has 8 aromatic carbocycles. The van der Waals surface area contributed by atoms with Crippen molar-refractivity contribution in [3.63, 3.8) is 0 Å². The maximum Gasteiger partial charge on any atom is 0.133 e. The number of rotatable bonds is 14. The minimum absolute atomic E-state index is 0.286. The molecule has 8 heteroatoms. The van der Waals surface area contributed by atoms with E-state index in [9.17, 15) is 10.2 Å². The first-order valence-electron chi connectivity index (χ1n) is 25.6. The molecule has 2 N–H and O–H groups in total. The van der Waals surface area contributed by atoms with Gasteiger partial charge >= 0.3 is 0 Å². The Hall–Kier alpha value is -7.84. The Balaban J connectivity index is 0.946. The van der Waals surface area contributed by atoms with Crippen LogP contribution in [-0.2, 0) is 5.41 Å². The highest BCUT2D eigenvalue weighted by Crippen LogP contribution is 2.44. The number of ether oxygens (including phenoxy) is 6. The predicted octanol–water partition coefficient (Wildman–Crippen LogP) is 19.1. The number of benzene rings is 8. The van der Waals surface area contributed by atoms with E-state index in [1.54, 1.807) is 0 Å². The summed E-state index contributed by atoms with van der Waals surface area (Å²) in [6, 6.07) is 32.5. The monoisotopic (exact) mass is 1000 g/mol. The average Bonchev–Trinajstić information content (AvgIpc) is 3.31. The molecule has 75 heavy (non-hydrogen) atoms. The SMILES string of the molecule is Cc1cc(Oc2c(C)cc(Oc3c(C)cc(Oc4c(C)cc(C(C)(C)c5cc(C)c(Oc6cc(C)c(Oc7cc(C)c(Oc8cc(C)c(O)c(C)c8)c(C)c7)c(C)c6)c(C)c5)cc4C)cc3C)cc2C)cc(C)c1O. The quantitative estimate of drug-likeness (QED) is 0.111. The molecule has 0 spiro atoms. The van der Waals surface area contributed by atoms with Crippen LogP contribution >= 0.6 is 0 Å². The molecule has 0 radical (unpaired) electrons. The molecular formula is C67H72O8. The molecule has 0 saturated heterocycles. The summed E-state index contributed by atoms with van der Waals surface area (Å²) >= 11 is 0. The Morgan fingerprint density at radius 2 is 0.360 bits per heavy atom. The van der Waals surface area contributed by atoms with Crippen LogP contribution in [0.2, 0.25) is 0 Å². The van der Waals surface area contributed by atoms with Crippen molar-refractivity contribution in [2.24, 2.45) is 0 Å². The minimum Gasteiger partial charge on any atom is -0.507 e. The lowest BCUT2D eigenvalue weighted by Gasteiger charge is -2.29. The van der Waals surface area contributed by atoms with Gasteiger partial charge < -0.3 is 38.6 Å². The molecule has 0 amide bonds. The number of aromatic hydroxyl groups is 2. The number of hydrogen-bond donors (Lipinski definition) is 2. The highest BCUT2D eigenvalue weighted by molar-refractivity contribution is 5.59. The number of aryl methyl sites for hydroxylation is 16. The van der Waals surface area contributed by atoms with Crippen LogP contribution in [0.5, 0.6) is 80.5 Å². The summed E-state index contributed by atoms with van der Waals surface area (Å²) < 4.78 is 39.2. The van der Waals surface area contributed by atoms with Gasteiger partial charge in [-0.05, 0) is 284 Å². The van der Waals surface area contributed by atoms with Crippen molar-refractivity contribution in [3.05, 3.63) is 197 Å². The van der Waals surface area contributed by atoms with E-state index in [0.717, 1.165) is 147 Å². The van der Waals surface area contributed by atoms with E-state index in [-0.39, 0.29) is 16.9 Å². The second kappa shape index (κ2) is 20.8. The molecule has 0 unspecified atom stereocenters. The van der Waals surface area contributed by atoms with Crippen molar-refractivity contribution in [1.29, 1.82) is 0 Å². The zero-order valence-corrected chi connectivity index (χ0v) is 47.1. The first-order chi connectivity index (χ1) is 35.3. The van der Waals surface area contributed by atoms with Gasteiger partial charge in [0.1, 0.15) is 80.5 Å². The van der Waals surface area contributed by atoms with E-state index in [4.69, 9.17) is 28.4 Å². The lowest BCUT2D eigenvalue weighted by Crippen LogP contribution is -2.20. The Kier molecular flexibility index (Phi) is 14.8. The van der Waals surface area contributed by atoms with Crippen LogP contribution in [-0.4, -0.2) is 10.2 Å². The Labute approximate surface area is 444 Å². The van der Waals surface area contributed by atoms with E-state index in [0.29, 0.717) is 11.5 Å². The molecule has 0 aromatic heterocycles. The van der Waals surface area contributed by atoms with Crippen molar-refractivity contribution in [2.75, 3.05) is 0 Å². The average molecular weight is 1010 g/mol. The minimum atomic E-state index is -0.324. The Morgan fingerprint density at radius 1 is 0.227 bits per heavy atom. The third-order valence-electron chi connectivity index (χ3n) is 14.3. The third kappa shape index (κ3) is 11.2. The van der Waals surface area contributed by atoms with Crippen molar-refractivity contribution in [2.45, 2.75) is 130 Å². The van der Waals surface area contributed by atoms with Crippen LogP contribution in [0.25, 0.3) is 0 Å². The Bertz CT molecular complexity index is 3140. The maximum absolute atomic E-state index is 10.2. The molecule has 388 valence electrons. The standard InChI is InChI=1S/C67H72O8/c1-35-23-53(24-36(2)59(35)68)70-63-43(9)31-57(32-44(63)10)74-65-47(13)27-55(28-48(65)14)72-61-39(5)19-51(20-40(61)6)67(17,18)52-21-41(7)62(42(8)22-52)73-56-29-49(15)66(50(16)30-56)75-58-33-45(11)64(46(12)34-58)71-54-25-37(3)60(69)38(4)26-54/h19-34,68-69H,1-18H3. The highest BCUT2D eigenvalue weighted by atomic mass is 16.5. The summed E-state index contributed by atoms with van der Waals surface area (Å²) in [5.74, 6) is 9.68.